The first kappa shape index (κ1) is 15.8. The van der Waals surface area contributed by atoms with Gasteiger partial charge < -0.3 is 10.5 Å². The summed E-state index contributed by atoms with van der Waals surface area (Å²) < 4.78 is 6.56. The summed E-state index contributed by atoms with van der Waals surface area (Å²) in [5.74, 6) is 0.0596. The second kappa shape index (κ2) is 6.33. The van der Waals surface area contributed by atoms with Crippen LogP contribution in [0.1, 0.15) is 10.4 Å². The molecule has 0 aliphatic heterocycles. The lowest BCUT2D eigenvalue weighted by Gasteiger charge is -2.07. The molecule has 0 unspecified atom stereocenters. The topological polar surface area (TPSA) is 82.5 Å². The fourth-order valence-corrected chi connectivity index (χ4v) is 2.81. The molecule has 6 nitrogen and oxygen atoms in total. The van der Waals surface area contributed by atoms with E-state index in [-0.39, 0.29) is 0 Å². The molecule has 128 valence electrons. The molecule has 0 bridgehead atoms. The molecule has 0 saturated heterocycles. The molecule has 2 aromatic carbocycles. The molecule has 2 N–H and O–H groups in total. The number of methoxy groups -OCH3 is 1. The summed E-state index contributed by atoms with van der Waals surface area (Å²) in [5, 5.41) is 4.62. The van der Waals surface area contributed by atoms with E-state index in [2.05, 4.69) is 10.1 Å². The molecule has 26 heavy (non-hydrogen) atoms. The maximum absolute atomic E-state index is 12.1. The van der Waals surface area contributed by atoms with Crippen LogP contribution in [0.25, 0.3) is 28.3 Å². The molecule has 2 heterocycles. The Bertz CT molecular complexity index is 1090. The smallest absolute Gasteiger partial charge is 0.341 e. The van der Waals surface area contributed by atoms with Gasteiger partial charge in [0.1, 0.15) is 5.56 Å². The molecule has 0 radical (unpaired) electrons. The number of nitrogens with two attached hydrogens (primary N) is 1. The van der Waals surface area contributed by atoms with Gasteiger partial charge >= 0.3 is 5.97 Å². The van der Waals surface area contributed by atoms with E-state index in [0.717, 1.165) is 16.8 Å². The Morgan fingerprint density at radius 2 is 1.69 bits per heavy atom. The van der Waals surface area contributed by atoms with E-state index >= 15 is 0 Å². The number of pyridine rings is 1. The lowest BCUT2D eigenvalue weighted by atomic mass is 10.1. The molecule has 0 aliphatic rings. The van der Waals surface area contributed by atoms with E-state index < -0.39 is 5.97 Å². The van der Waals surface area contributed by atoms with Crippen molar-refractivity contribution in [1.29, 1.82) is 0 Å². The maximum atomic E-state index is 12.1. The molecular formula is C20H16N4O2. The Labute approximate surface area is 149 Å². The lowest BCUT2D eigenvalue weighted by molar-refractivity contribution is 0.0602. The van der Waals surface area contributed by atoms with Crippen molar-refractivity contribution in [3.05, 3.63) is 72.3 Å². The number of ether oxygens (including phenoxy) is 1. The number of nitrogens with zero attached hydrogens (tertiary/aromatic N) is 3. The van der Waals surface area contributed by atoms with Gasteiger partial charge in [-0.25, -0.2) is 14.3 Å². The standard InChI is InChI=1S/C20H16N4O2/c1-26-20(25)16-11-12-17(13-5-3-2-4-6-13)24-19(16)22-18(23-24)14-7-9-15(21)10-8-14/h2-12H,21H2,1H3. The number of hydrogen-bond donors (Lipinski definition) is 1. The number of anilines is 1. The summed E-state index contributed by atoms with van der Waals surface area (Å²) in [6.07, 6.45) is 0. The van der Waals surface area contributed by atoms with E-state index in [1.54, 1.807) is 22.7 Å². The van der Waals surface area contributed by atoms with Gasteiger partial charge in [0.25, 0.3) is 0 Å². The van der Waals surface area contributed by atoms with Crippen molar-refractivity contribution in [1.82, 2.24) is 14.6 Å². The number of rotatable bonds is 3. The van der Waals surface area contributed by atoms with Gasteiger partial charge in [0.2, 0.25) is 0 Å². The van der Waals surface area contributed by atoms with Crippen molar-refractivity contribution in [3.8, 4) is 22.6 Å². The van der Waals surface area contributed by atoms with Crippen LogP contribution in [0.3, 0.4) is 0 Å². The molecule has 0 saturated carbocycles. The van der Waals surface area contributed by atoms with Gasteiger partial charge in [-0.3, -0.25) is 0 Å². The molecule has 0 amide bonds. The Kier molecular flexibility index (Phi) is 3.85. The highest BCUT2D eigenvalue weighted by atomic mass is 16.5. The van der Waals surface area contributed by atoms with Gasteiger partial charge in [-0.1, -0.05) is 30.3 Å². The fraction of sp³-hybridized carbons (Fsp3) is 0.0500. The van der Waals surface area contributed by atoms with Crippen LogP contribution in [-0.2, 0) is 4.74 Å². The van der Waals surface area contributed by atoms with Crippen molar-refractivity contribution in [3.63, 3.8) is 0 Å². The summed E-state index contributed by atoms with van der Waals surface area (Å²) in [4.78, 5) is 16.7. The van der Waals surface area contributed by atoms with Crippen molar-refractivity contribution in [2.24, 2.45) is 0 Å². The number of aromatic nitrogens is 3. The number of carbonyl (C=O) groups is 1. The second-order valence-electron chi connectivity index (χ2n) is 5.78. The van der Waals surface area contributed by atoms with Crippen molar-refractivity contribution in [2.45, 2.75) is 0 Å². The fourth-order valence-electron chi connectivity index (χ4n) is 2.81. The van der Waals surface area contributed by atoms with Crippen molar-refractivity contribution in [2.75, 3.05) is 12.8 Å². The van der Waals surface area contributed by atoms with Crippen LogP contribution >= 0.6 is 0 Å². The molecule has 6 heteroatoms. The molecule has 4 rings (SSSR count). The predicted molar refractivity (Wildman–Crippen MR) is 99.6 cm³/mol. The van der Waals surface area contributed by atoms with Crippen LogP contribution in [0.2, 0.25) is 0 Å². The average Bonchev–Trinajstić information content (AvgIpc) is 3.13. The first-order valence-electron chi connectivity index (χ1n) is 8.07. The van der Waals surface area contributed by atoms with E-state index in [0.29, 0.717) is 22.7 Å². The molecule has 0 aliphatic carbocycles. The van der Waals surface area contributed by atoms with Gasteiger partial charge in [0, 0.05) is 16.8 Å². The molecule has 0 fully saturated rings. The minimum absolute atomic E-state index is 0.362. The quantitative estimate of drug-likeness (QED) is 0.455. The van der Waals surface area contributed by atoms with Crippen LogP contribution in [0, 0.1) is 0 Å². The largest absolute Gasteiger partial charge is 0.465 e. The molecule has 0 atom stereocenters. The Balaban J connectivity index is 1.97. The number of nitrogen functional groups attached to an aromatic ring is 1. The summed E-state index contributed by atoms with van der Waals surface area (Å²) in [7, 11) is 1.35. The SMILES string of the molecule is COC(=O)c1ccc(-c2ccccc2)n2nc(-c3ccc(N)cc3)nc12. The highest BCUT2D eigenvalue weighted by Crippen LogP contribution is 2.25. The third kappa shape index (κ3) is 2.67. The van der Waals surface area contributed by atoms with E-state index in [1.807, 2.05) is 48.5 Å². The van der Waals surface area contributed by atoms with E-state index in [4.69, 9.17) is 10.5 Å². The highest BCUT2D eigenvalue weighted by Gasteiger charge is 2.18. The Morgan fingerprint density at radius 1 is 0.962 bits per heavy atom. The zero-order valence-electron chi connectivity index (χ0n) is 14.1. The number of benzene rings is 2. The van der Waals surface area contributed by atoms with Crippen LogP contribution in [0.5, 0.6) is 0 Å². The molecule has 0 spiro atoms. The molecule has 4 aromatic rings. The number of fused-ring (bicyclic) bond motifs is 1. The van der Waals surface area contributed by atoms with Crippen LogP contribution in [0.15, 0.2) is 66.7 Å². The normalized spacial score (nSPS) is 10.8. The summed E-state index contributed by atoms with van der Waals surface area (Å²) in [6.45, 7) is 0. The minimum Gasteiger partial charge on any atom is -0.465 e. The summed E-state index contributed by atoms with van der Waals surface area (Å²) >= 11 is 0. The molecule has 2 aromatic heterocycles. The predicted octanol–water partition coefficient (Wildman–Crippen LogP) is 3.43. The highest BCUT2D eigenvalue weighted by molar-refractivity contribution is 5.96. The Hall–Kier alpha value is -3.67. The average molecular weight is 344 g/mol. The van der Waals surface area contributed by atoms with Gasteiger partial charge in [-0.2, -0.15) is 0 Å². The summed E-state index contributed by atoms with van der Waals surface area (Å²) in [5.41, 5.74) is 9.86. The molecular weight excluding hydrogens is 328 g/mol. The maximum Gasteiger partial charge on any atom is 0.341 e. The first-order chi connectivity index (χ1) is 12.7. The van der Waals surface area contributed by atoms with Crippen LogP contribution in [-0.4, -0.2) is 27.7 Å². The van der Waals surface area contributed by atoms with Crippen molar-refractivity contribution >= 4 is 17.3 Å². The third-order valence-corrected chi connectivity index (χ3v) is 4.13. The minimum atomic E-state index is -0.453. The van der Waals surface area contributed by atoms with Gasteiger partial charge in [-0.05, 0) is 36.4 Å². The van der Waals surface area contributed by atoms with E-state index in [9.17, 15) is 4.79 Å². The van der Waals surface area contributed by atoms with Gasteiger partial charge in [0.15, 0.2) is 11.5 Å². The zero-order chi connectivity index (χ0) is 18.1. The summed E-state index contributed by atoms with van der Waals surface area (Å²) in [6, 6.07) is 20.7. The van der Waals surface area contributed by atoms with E-state index in [1.165, 1.54) is 7.11 Å². The second-order valence-corrected chi connectivity index (χ2v) is 5.78. The van der Waals surface area contributed by atoms with Crippen LogP contribution < -0.4 is 5.73 Å². The monoisotopic (exact) mass is 344 g/mol. The number of carbonyl (C=O) groups excluding carboxylic acids is 1. The van der Waals surface area contributed by atoms with Crippen molar-refractivity contribution < 1.29 is 9.53 Å². The lowest BCUT2D eigenvalue weighted by Crippen LogP contribution is -2.06. The van der Waals surface area contributed by atoms with Gasteiger partial charge in [-0.15, -0.1) is 5.10 Å². The zero-order valence-corrected chi connectivity index (χ0v) is 14.1. The number of hydrogen-bond acceptors (Lipinski definition) is 5. The van der Waals surface area contributed by atoms with Gasteiger partial charge in [0.05, 0.1) is 12.8 Å². The van der Waals surface area contributed by atoms with Crippen LogP contribution in [0.4, 0.5) is 5.69 Å². The first-order valence-corrected chi connectivity index (χ1v) is 8.07. The number of esters is 1. The third-order valence-electron chi connectivity index (χ3n) is 4.13. The Morgan fingerprint density at radius 3 is 2.38 bits per heavy atom.